The van der Waals surface area contributed by atoms with E-state index in [4.69, 9.17) is 23.2 Å². The van der Waals surface area contributed by atoms with Crippen molar-refractivity contribution < 1.29 is 5.11 Å². The van der Waals surface area contributed by atoms with Crippen LogP contribution in [0.25, 0.3) is 5.69 Å². The molecule has 5 nitrogen and oxygen atoms in total. The number of aromatic hydroxyl groups is 1. The first-order valence-electron chi connectivity index (χ1n) is 6.77. The molecule has 0 fully saturated rings. The molecule has 2 aromatic carbocycles. The summed E-state index contributed by atoms with van der Waals surface area (Å²) >= 11 is 12.1. The number of rotatable bonds is 3. The van der Waals surface area contributed by atoms with E-state index in [1.807, 2.05) is 0 Å². The van der Waals surface area contributed by atoms with E-state index in [9.17, 15) is 9.90 Å². The molecule has 0 bridgehead atoms. The van der Waals surface area contributed by atoms with E-state index >= 15 is 0 Å². The number of hydrogen-bond donors (Lipinski definition) is 2. The van der Waals surface area contributed by atoms with Crippen molar-refractivity contribution in [2.45, 2.75) is 0 Å². The molecule has 7 heteroatoms. The molecule has 1 heterocycles. The van der Waals surface area contributed by atoms with Crippen LogP contribution in [0.1, 0.15) is 0 Å². The Morgan fingerprint density at radius 3 is 2.52 bits per heavy atom. The number of nitrogens with one attached hydrogen (secondary N) is 1. The first-order valence-corrected chi connectivity index (χ1v) is 7.53. The fourth-order valence-electron chi connectivity index (χ4n) is 2.27. The molecule has 2 N–H and O–H groups in total. The van der Waals surface area contributed by atoms with Crippen molar-refractivity contribution in [2.24, 2.45) is 7.05 Å². The minimum Gasteiger partial charge on any atom is -0.492 e. The lowest BCUT2D eigenvalue weighted by Gasteiger charge is -2.08. The zero-order chi connectivity index (χ0) is 16.6. The van der Waals surface area contributed by atoms with Gasteiger partial charge >= 0.3 is 5.69 Å². The summed E-state index contributed by atoms with van der Waals surface area (Å²) in [4.78, 5) is 12.4. The van der Waals surface area contributed by atoms with Crippen molar-refractivity contribution in [3.63, 3.8) is 0 Å². The van der Waals surface area contributed by atoms with E-state index in [-0.39, 0.29) is 11.7 Å². The summed E-state index contributed by atoms with van der Waals surface area (Å²) in [5.41, 5.74) is 0.658. The van der Waals surface area contributed by atoms with Gasteiger partial charge in [-0.1, -0.05) is 41.4 Å². The number of aromatic nitrogens is 2. The van der Waals surface area contributed by atoms with Crippen LogP contribution in [0, 0.1) is 0 Å². The smallest absolute Gasteiger partial charge is 0.337 e. The van der Waals surface area contributed by atoms with Gasteiger partial charge in [0, 0.05) is 12.1 Å². The molecule has 0 aliphatic carbocycles. The summed E-state index contributed by atoms with van der Waals surface area (Å²) in [7, 11) is 1.56. The maximum atomic E-state index is 12.4. The molecule has 3 rings (SSSR count). The highest BCUT2D eigenvalue weighted by Crippen LogP contribution is 2.31. The topological polar surface area (TPSA) is 59.2 Å². The van der Waals surface area contributed by atoms with Crippen LogP contribution in [0.3, 0.4) is 0 Å². The molecule has 3 aromatic rings. The number of imidazole rings is 1. The highest BCUT2D eigenvalue weighted by Gasteiger charge is 2.19. The maximum Gasteiger partial charge on any atom is 0.337 e. The van der Waals surface area contributed by atoms with Crippen LogP contribution in [0.4, 0.5) is 11.5 Å². The Hall–Kier alpha value is -2.37. The molecular weight excluding hydrogens is 337 g/mol. The van der Waals surface area contributed by atoms with E-state index in [0.29, 0.717) is 21.4 Å². The van der Waals surface area contributed by atoms with Gasteiger partial charge in [-0.25, -0.2) is 9.36 Å². The average molecular weight is 350 g/mol. The summed E-state index contributed by atoms with van der Waals surface area (Å²) < 4.78 is 2.48. The standard InChI is InChI=1S/C16H13Cl2N3O2/c1-20-14(19-13-8-3-2-7-12(13)18)15(22)21(16(20)23)11-6-4-5-10(17)9-11/h2-9,19,22H,1H3. The molecule has 0 amide bonds. The Bertz CT molecular complexity index is 931. The van der Waals surface area contributed by atoms with Gasteiger partial charge in [0.25, 0.3) is 0 Å². The second-order valence-corrected chi connectivity index (χ2v) is 5.78. The zero-order valence-corrected chi connectivity index (χ0v) is 13.6. The van der Waals surface area contributed by atoms with Crippen LogP contribution in [0.2, 0.25) is 10.0 Å². The van der Waals surface area contributed by atoms with Crippen LogP contribution in [0.15, 0.2) is 53.3 Å². The zero-order valence-electron chi connectivity index (χ0n) is 12.1. The Labute approximate surface area is 142 Å². The molecule has 0 aliphatic heterocycles. The van der Waals surface area contributed by atoms with Gasteiger partial charge in [0.05, 0.1) is 16.4 Å². The minimum atomic E-state index is -0.403. The SMILES string of the molecule is Cn1c(Nc2ccccc2Cl)c(O)n(-c2cccc(Cl)c2)c1=O. The van der Waals surface area contributed by atoms with Gasteiger partial charge < -0.3 is 10.4 Å². The van der Waals surface area contributed by atoms with E-state index in [2.05, 4.69) is 5.32 Å². The van der Waals surface area contributed by atoms with Crippen molar-refractivity contribution in [2.75, 3.05) is 5.32 Å². The Kier molecular flexibility index (Phi) is 4.07. The van der Waals surface area contributed by atoms with Gasteiger partial charge in [0.1, 0.15) is 0 Å². The third kappa shape index (κ3) is 2.81. The van der Waals surface area contributed by atoms with Crippen molar-refractivity contribution in [1.29, 1.82) is 0 Å². The van der Waals surface area contributed by atoms with Gasteiger partial charge in [0.15, 0.2) is 5.82 Å². The number of nitrogens with zero attached hydrogens (tertiary/aromatic N) is 2. The number of anilines is 2. The third-order valence-electron chi connectivity index (χ3n) is 3.43. The number of hydrogen-bond acceptors (Lipinski definition) is 3. The average Bonchev–Trinajstić information content (AvgIpc) is 2.73. The molecule has 0 spiro atoms. The maximum absolute atomic E-state index is 12.4. The third-order valence-corrected chi connectivity index (χ3v) is 4.00. The molecule has 0 saturated carbocycles. The second-order valence-electron chi connectivity index (χ2n) is 4.93. The van der Waals surface area contributed by atoms with Crippen molar-refractivity contribution in [3.05, 3.63) is 69.1 Å². The Balaban J connectivity index is 2.12. The lowest BCUT2D eigenvalue weighted by molar-refractivity contribution is 0.443. The van der Waals surface area contributed by atoms with Crippen LogP contribution in [0.5, 0.6) is 5.88 Å². The minimum absolute atomic E-state index is 0.223. The van der Waals surface area contributed by atoms with Crippen LogP contribution >= 0.6 is 23.2 Å². The molecule has 118 valence electrons. The van der Waals surface area contributed by atoms with Crippen LogP contribution < -0.4 is 11.0 Å². The van der Waals surface area contributed by atoms with E-state index < -0.39 is 5.69 Å². The van der Waals surface area contributed by atoms with Gasteiger partial charge in [-0.15, -0.1) is 0 Å². The molecule has 23 heavy (non-hydrogen) atoms. The fraction of sp³-hybridized carbons (Fsp3) is 0.0625. The molecule has 1 aromatic heterocycles. The fourth-order valence-corrected chi connectivity index (χ4v) is 2.64. The summed E-state index contributed by atoms with van der Waals surface area (Å²) in [5.74, 6) is 0.0164. The Morgan fingerprint density at radius 2 is 1.83 bits per heavy atom. The number of halogens is 2. The number of para-hydroxylation sites is 1. The molecule has 0 unspecified atom stereocenters. The lowest BCUT2D eigenvalue weighted by Crippen LogP contribution is -2.21. The largest absolute Gasteiger partial charge is 0.492 e. The summed E-state index contributed by atoms with van der Waals surface area (Å²) in [6.07, 6.45) is 0. The van der Waals surface area contributed by atoms with Gasteiger partial charge in [-0.3, -0.25) is 4.57 Å². The van der Waals surface area contributed by atoms with E-state index in [1.54, 1.807) is 55.6 Å². The van der Waals surface area contributed by atoms with E-state index in [1.165, 1.54) is 9.13 Å². The first kappa shape index (κ1) is 15.5. The summed E-state index contributed by atoms with van der Waals surface area (Å²) in [5, 5.41) is 14.4. The van der Waals surface area contributed by atoms with Crippen molar-refractivity contribution in [1.82, 2.24) is 9.13 Å². The monoisotopic (exact) mass is 349 g/mol. The number of benzene rings is 2. The Morgan fingerprint density at radius 1 is 1.09 bits per heavy atom. The molecule has 0 saturated heterocycles. The predicted octanol–water partition coefficient (Wildman–Crippen LogP) is 3.93. The van der Waals surface area contributed by atoms with Gasteiger partial charge in [-0.2, -0.15) is 0 Å². The normalized spacial score (nSPS) is 10.7. The molecule has 0 aliphatic rings. The molecule has 0 atom stereocenters. The lowest BCUT2D eigenvalue weighted by atomic mass is 10.3. The van der Waals surface area contributed by atoms with Gasteiger partial charge in [0.2, 0.25) is 5.88 Å². The second kappa shape index (κ2) is 6.02. The highest BCUT2D eigenvalue weighted by molar-refractivity contribution is 6.33. The van der Waals surface area contributed by atoms with Crippen molar-refractivity contribution >= 4 is 34.7 Å². The quantitative estimate of drug-likeness (QED) is 0.752. The summed E-state index contributed by atoms with van der Waals surface area (Å²) in [6, 6.07) is 13.8. The summed E-state index contributed by atoms with van der Waals surface area (Å²) in [6.45, 7) is 0. The first-order chi connectivity index (χ1) is 11.0. The van der Waals surface area contributed by atoms with E-state index in [0.717, 1.165) is 0 Å². The highest BCUT2D eigenvalue weighted by atomic mass is 35.5. The van der Waals surface area contributed by atoms with Gasteiger partial charge in [-0.05, 0) is 30.3 Å². The molecule has 0 radical (unpaired) electrons. The predicted molar refractivity (Wildman–Crippen MR) is 92.4 cm³/mol. The molecular formula is C16H13Cl2N3O2. The van der Waals surface area contributed by atoms with Crippen molar-refractivity contribution in [3.8, 4) is 11.6 Å². The van der Waals surface area contributed by atoms with Crippen LogP contribution in [-0.4, -0.2) is 14.2 Å². The van der Waals surface area contributed by atoms with Crippen LogP contribution in [-0.2, 0) is 7.05 Å².